The van der Waals surface area contributed by atoms with E-state index in [0.29, 0.717) is 22.2 Å². The third-order valence-electron chi connectivity index (χ3n) is 4.26. The number of benzene rings is 1. The molecule has 0 saturated heterocycles. The number of fused-ring (bicyclic) bond motifs is 3. The molecule has 114 valence electrons. The van der Waals surface area contributed by atoms with E-state index in [9.17, 15) is 0 Å². The smallest absolute Gasteiger partial charge is 0.227 e. The number of nitrogens with zero attached hydrogens (tertiary/aromatic N) is 2. The van der Waals surface area contributed by atoms with Crippen molar-refractivity contribution in [3.63, 3.8) is 0 Å². The molecule has 23 heavy (non-hydrogen) atoms. The van der Waals surface area contributed by atoms with Crippen LogP contribution >= 0.6 is 0 Å². The van der Waals surface area contributed by atoms with Crippen LogP contribution in [0.25, 0.3) is 33.3 Å². The van der Waals surface area contributed by atoms with Crippen LogP contribution in [0.2, 0.25) is 0 Å². The summed E-state index contributed by atoms with van der Waals surface area (Å²) in [5.74, 6) is 0. The Bertz CT molecular complexity index is 1160. The summed E-state index contributed by atoms with van der Waals surface area (Å²) >= 11 is 0. The number of hydrogen-bond donors (Lipinski definition) is 0. The fourth-order valence-electron chi connectivity index (χ4n) is 3.16. The minimum Gasteiger partial charge on any atom is -0.437 e. The lowest BCUT2D eigenvalue weighted by molar-refractivity contribution is -0.660. The zero-order valence-corrected chi connectivity index (χ0v) is 13.3. The average molecular weight is 306 g/mol. The molecule has 0 N–H and O–H groups in total. The van der Waals surface area contributed by atoms with E-state index in [2.05, 4.69) is 4.98 Å². The average Bonchev–Trinajstić information content (AvgIpc) is 2.92. The molecule has 0 spiro atoms. The van der Waals surface area contributed by atoms with Crippen molar-refractivity contribution in [3.8, 4) is 11.3 Å². The van der Waals surface area contributed by atoms with Gasteiger partial charge >= 0.3 is 0 Å². The maximum Gasteiger partial charge on any atom is 0.227 e. The highest BCUT2D eigenvalue weighted by Crippen LogP contribution is 2.38. The van der Waals surface area contributed by atoms with Gasteiger partial charge in [0.25, 0.3) is 0 Å². The molecule has 0 saturated carbocycles. The molecule has 4 rings (SSSR count). The summed E-state index contributed by atoms with van der Waals surface area (Å²) in [5, 5.41) is 1.36. The molecule has 3 heteroatoms. The number of aromatic nitrogens is 2. The normalized spacial score (nSPS) is 14.0. The van der Waals surface area contributed by atoms with Gasteiger partial charge in [-0.3, -0.25) is 0 Å². The number of rotatable bonds is 1. The van der Waals surface area contributed by atoms with E-state index in [1.54, 1.807) is 6.07 Å². The number of pyridine rings is 2. The van der Waals surface area contributed by atoms with Crippen LogP contribution in [0.15, 0.2) is 47.0 Å². The SMILES string of the molecule is [2H]C([2H])([2H])c1cc(C)c(-c2cccc[n+]2C)c2oc3nc(C)ccc3c12. The maximum atomic E-state index is 7.99. The van der Waals surface area contributed by atoms with Gasteiger partial charge in [-0.25, -0.2) is 9.55 Å². The van der Waals surface area contributed by atoms with E-state index in [4.69, 9.17) is 8.53 Å². The molecule has 0 aliphatic heterocycles. The fourth-order valence-corrected chi connectivity index (χ4v) is 3.16. The third-order valence-corrected chi connectivity index (χ3v) is 4.26. The predicted octanol–water partition coefficient (Wildman–Crippen LogP) is 4.40. The van der Waals surface area contributed by atoms with Crippen LogP contribution in [-0.2, 0) is 7.05 Å². The van der Waals surface area contributed by atoms with Gasteiger partial charge in [-0.1, -0.05) is 6.07 Å². The summed E-state index contributed by atoms with van der Waals surface area (Å²) in [4.78, 5) is 4.47. The minimum absolute atomic E-state index is 0.303. The highest BCUT2D eigenvalue weighted by Gasteiger charge is 2.22. The second-order valence-electron chi connectivity index (χ2n) is 5.92. The molecule has 0 aliphatic rings. The Morgan fingerprint density at radius 2 is 2.00 bits per heavy atom. The molecule has 0 aliphatic carbocycles. The van der Waals surface area contributed by atoms with E-state index in [0.717, 1.165) is 27.9 Å². The molecule has 4 aromatic rings. The first-order valence-electron chi connectivity index (χ1n) is 9.06. The lowest BCUT2D eigenvalue weighted by Gasteiger charge is -2.07. The van der Waals surface area contributed by atoms with Gasteiger partial charge < -0.3 is 4.42 Å². The van der Waals surface area contributed by atoms with Gasteiger partial charge in [-0.15, -0.1) is 0 Å². The van der Waals surface area contributed by atoms with Crippen LogP contribution in [0.5, 0.6) is 0 Å². The summed E-state index contributed by atoms with van der Waals surface area (Å²) in [6.45, 7) is 1.58. The van der Waals surface area contributed by atoms with Gasteiger partial charge in [-0.2, -0.15) is 0 Å². The quantitative estimate of drug-likeness (QED) is 0.488. The summed E-state index contributed by atoms with van der Waals surface area (Å²) in [6, 6.07) is 11.4. The molecule has 3 nitrogen and oxygen atoms in total. The zero-order chi connectivity index (χ0) is 18.6. The van der Waals surface area contributed by atoms with Gasteiger partial charge in [0.2, 0.25) is 11.4 Å². The Kier molecular flexibility index (Phi) is 2.34. The molecule has 3 heterocycles. The van der Waals surface area contributed by atoms with E-state index >= 15 is 0 Å². The maximum absolute atomic E-state index is 7.99. The Hall–Kier alpha value is -2.68. The van der Waals surface area contributed by atoms with Crippen molar-refractivity contribution in [3.05, 3.63) is 59.4 Å². The number of aryl methyl sites for hydroxylation is 4. The Morgan fingerprint density at radius 1 is 1.13 bits per heavy atom. The van der Waals surface area contributed by atoms with Gasteiger partial charge in [0.05, 0.1) is 5.56 Å². The van der Waals surface area contributed by atoms with Crippen molar-refractivity contribution < 1.29 is 13.1 Å². The first kappa shape index (κ1) is 10.9. The molecule has 0 radical (unpaired) electrons. The van der Waals surface area contributed by atoms with Crippen molar-refractivity contribution >= 4 is 22.1 Å². The molecule has 3 aromatic heterocycles. The summed E-state index contributed by atoms with van der Waals surface area (Å²) in [7, 11) is 1.96. The molecule has 0 fully saturated rings. The molecule has 0 bridgehead atoms. The van der Waals surface area contributed by atoms with Crippen LogP contribution in [-0.4, -0.2) is 4.98 Å². The van der Waals surface area contributed by atoms with Gasteiger partial charge in [0.1, 0.15) is 7.05 Å². The lowest BCUT2D eigenvalue weighted by Crippen LogP contribution is -2.30. The van der Waals surface area contributed by atoms with Gasteiger partial charge in [0.15, 0.2) is 11.8 Å². The molecule has 0 unspecified atom stereocenters. The monoisotopic (exact) mass is 306 g/mol. The highest BCUT2D eigenvalue weighted by molar-refractivity contribution is 6.10. The van der Waals surface area contributed by atoms with Crippen molar-refractivity contribution in [2.24, 2.45) is 7.05 Å². The Labute approximate surface area is 139 Å². The van der Waals surface area contributed by atoms with Gasteiger partial charge in [0, 0.05) is 32.7 Å². The minimum atomic E-state index is -2.23. The molecule has 1 aromatic carbocycles. The van der Waals surface area contributed by atoms with Crippen molar-refractivity contribution in [1.29, 1.82) is 0 Å². The van der Waals surface area contributed by atoms with E-state index < -0.39 is 6.85 Å². The third kappa shape index (κ3) is 2.04. The van der Waals surface area contributed by atoms with Crippen molar-refractivity contribution in [2.45, 2.75) is 20.7 Å². The van der Waals surface area contributed by atoms with E-state index in [1.165, 1.54) is 0 Å². The van der Waals surface area contributed by atoms with Crippen LogP contribution in [0.1, 0.15) is 20.9 Å². The van der Waals surface area contributed by atoms with Gasteiger partial charge in [-0.05, 0) is 50.0 Å². The molecule has 0 amide bonds. The standard InChI is InChI=1S/C20H19N2O/c1-12-11-13(2)18(16-7-5-6-10-22(16)4)19-17(12)15-9-8-14(3)21-20(15)23-19/h5-11H,1-4H3/q+1/i1D3. The van der Waals surface area contributed by atoms with Crippen LogP contribution in [0, 0.1) is 20.7 Å². The van der Waals surface area contributed by atoms with E-state index in [1.807, 2.05) is 62.0 Å². The molecular formula is C20H19N2O+. The van der Waals surface area contributed by atoms with Crippen molar-refractivity contribution in [2.75, 3.05) is 0 Å². The van der Waals surface area contributed by atoms with Crippen LogP contribution in [0.4, 0.5) is 0 Å². The number of furan rings is 1. The predicted molar refractivity (Wildman–Crippen MR) is 92.3 cm³/mol. The van der Waals surface area contributed by atoms with Crippen molar-refractivity contribution in [1.82, 2.24) is 4.98 Å². The number of hydrogen-bond acceptors (Lipinski definition) is 2. The topological polar surface area (TPSA) is 29.9 Å². The summed E-state index contributed by atoms with van der Waals surface area (Å²) in [6.07, 6.45) is 1.96. The Morgan fingerprint density at radius 3 is 2.78 bits per heavy atom. The molecular weight excluding hydrogens is 284 g/mol. The Balaban J connectivity index is 2.23. The van der Waals surface area contributed by atoms with Crippen LogP contribution in [0.3, 0.4) is 0 Å². The second-order valence-corrected chi connectivity index (χ2v) is 5.92. The first-order chi connectivity index (χ1) is 12.3. The fraction of sp³-hybridized carbons (Fsp3) is 0.200. The highest BCUT2D eigenvalue weighted by atomic mass is 16.3. The largest absolute Gasteiger partial charge is 0.437 e. The first-order valence-corrected chi connectivity index (χ1v) is 7.56. The molecule has 0 atom stereocenters. The lowest BCUT2D eigenvalue weighted by atomic mass is 9.97. The van der Waals surface area contributed by atoms with E-state index in [-0.39, 0.29) is 0 Å². The zero-order valence-electron chi connectivity index (χ0n) is 16.3. The van der Waals surface area contributed by atoms with Crippen LogP contribution < -0.4 is 4.57 Å². The second kappa shape index (κ2) is 4.92. The summed E-state index contributed by atoms with van der Waals surface area (Å²) in [5.41, 5.74) is 4.89. The summed E-state index contributed by atoms with van der Waals surface area (Å²) < 4.78 is 32.1.